The van der Waals surface area contributed by atoms with E-state index in [0.29, 0.717) is 6.04 Å². The molecular formula is C11H19N3. The van der Waals surface area contributed by atoms with E-state index in [0.717, 1.165) is 25.4 Å². The summed E-state index contributed by atoms with van der Waals surface area (Å²) >= 11 is 0. The third kappa shape index (κ3) is 2.59. The van der Waals surface area contributed by atoms with E-state index < -0.39 is 0 Å². The second-order valence-electron chi connectivity index (χ2n) is 4.27. The Balaban J connectivity index is 1.52. The maximum atomic E-state index is 5.72. The Bertz CT molecular complexity index is 250. The van der Waals surface area contributed by atoms with E-state index in [9.17, 15) is 0 Å². The minimum Gasteiger partial charge on any atom is -0.367 e. The van der Waals surface area contributed by atoms with Crippen LogP contribution in [0.1, 0.15) is 18.4 Å². The van der Waals surface area contributed by atoms with Gasteiger partial charge in [-0.2, -0.15) is 0 Å². The topological polar surface area (TPSA) is 53.8 Å². The monoisotopic (exact) mass is 193 g/mol. The molecule has 1 aromatic heterocycles. The van der Waals surface area contributed by atoms with Crippen molar-refractivity contribution in [3.8, 4) is 0 Å². The molecular weight excluding hydrogens is 174 g/mol. The molecule has 0 amide bonds. The van der Waals surface area contributed by atoms with Crippen LogP contribution < -0.4 is 11.1 Å². The largest absolute Gasteiger partial charge is 0.367 e. The number of nitrogens with one attached hydrogen (secondary N) is 2. The van der Waals surface area contributed by atoms with Gasteiger partial charge in [0.15, 0.2) is 0 Å². The number of rotatable bonds is 5. The van der Waals surface area contributed by atoms with Crippen molar-refractivity contribution < 1.29 is 0 Å². The molecule has 4 N–H and O–H groups in total. The van der Waals surface area contributed by atoms with Gasteiger partial charge in [0.2, 0.25) is 0 Å². The number of nitrogens with two attached hydrogens (primary N) is 1. The van der Waals surface area contributed by atoms with Gasteiger partial charge in [-0.3, -0.25) is 0 Å². The Morgan fingerprint density at radius 3 is 3.00 bits per heavy atom. The molecule has 0 bridgehead atoms. The SMILES string of the molecule is NC1CC(CNCCc2cc[nH]c2)C1. The van der Waals surface area contributed by atoms with Crippen LogP contribution in [-0.2, 0) is 6.42 Å². The van der Waals surface area contributed by atoms with Gasteiger partial charge in [0, 0.05) is 18.4 Å². The molecule has 0 aromatic carbocycles. The van der Waals surface area contributed by atoms with Crippen LogP contribution in [0.5, 0.6) is 0 Å². The third-order valence-corrected chi connectivity index (χ3v) is 2.96. The van der Waals surface area contributed by atoms with Crippen LogP contribution in [-0.4, -0.2) is 24.1 Å². The summed E-state index contributed by atoms with van der Waals surface area (Å²) in [7, 11) is 0. The highest BCUT2D eigenvalue weighted by atomic mass is 14.9. The fraction of sp³-hybridized carbons (Fsp3) is 0.636. The minimum atomic E-state index is 0.478. The maximum absolute atomic E-state index is 5.72. The summed E-state index contributed by atoms with van der Waals surface area (Å²) in [5.74, 6) is 0.830. The van der Waals surface area contributed by atoms with Crippen LogP contribution in [0.25, 0.3) is 0 Å². The lowest BCUT2D eigenvalue weighted by atomic mass is 9.81. The number of hydrogen-bond acceptors (Lipinski definition) is 2. The summed E-state index contributed by atoms with van der Waals surface area (Å²) in [5.41, 5.74) is 7.10. The van der Waals surface area contributed by atoms with Crippen LogP contribution in [0.2, 0.25) is 0 Å². The number of hydrogen-bond donors (Lipinski definition) is 3. The molecule has 78 valence electrons. The van der Waals surface area contributed by atoms with Crippen molar-refractivity contribution in [1.82, 2.24) is 10.3 Å². The van der Waals surface area contributed by atoms with Crippen LogP contribution >= 0.6 is 0 Å². The molecule has 1 aliphatic rings. The summed E-state index contributed by atoms with van der Waals surface area (Å²) in [6, 6.07) is 2.60. The van der Waals surface area contributed by atoms with Gasteiger partial charge in [0.05, 0.1) is 0 Å². The molecule has 1 fully saturated rings. The van der Waals surface area contributed by atoms with E-state index >= 15 is 0 Å². The molecule has 1 saturated carbocycles. The molecule has 0 saturated heterocycles. The van der Waals surface area contributed by atoms with E-state index in [-0.39, 0.29) is 0 Å². The average Bonchev–Trinajstić information content (AvgIpc) is 2.61. The molecule has 1 heterocycles. The molecule has 1 aromatic rings. The molecule has 2 rings (SSSR count). The lowest BCUT2D eigenvalue weighted by Crippen LogP contribution is -2.41. The average molecular weight is 193 g/mol. The van der Waals surface area contributed by atoms with E-state index in [2.05, 4.69) is 22.6 Å². The van der Waals surface area contributed by atoms with Crippen molar-refractivity contribution >= 4 is 0 Å². The van der Waals surface area contributed by atoms with Gasteiger partial charge in [0.25, 0.3) is 0 Å². The first-order valence-corrected chi connectivity index (χ1v) is 5.42. The van der Waals surface area contributed by atoms with Gasteiger partial charge in [-0.15, -0.1) is 0 Å². The molecule has 0 radical (unpaired) electrons. The van der Waals surface area contributed by atoms with Gasteiger partial charge in [-0.05, 0) is 49.9 Å². The third-order valence-electron chi connectivity index (χ3n) is 2.96. The lowest BCUT2D eigenvalue weighted by Gasteiger charge is -2.32. The highest BCUT2D eigenvalue weighted by Gasteiger charge is 2.24. The first kappa shape index (κ1) is 9.74. The van der Waals surface area contributed by atoms with Crippen LogP contribution in [0.4, 0.5) is 0 Å². The highest BCUT2D eigenvalue weighted by Crippen LogP contribution is 2.24. The Hall–Kier alpha value is -0.800. The number of aromatic amines is 1. The summed E-state index contributed by atoms with van der Waals surface area (Å²) in [6.45, 7) is 2.21. The van der Waals surface area contributed by atoms with E-state index in [1.54, 1.807) is 0 Å². The molecule has 3 heteroatoms. The standard InChI is InChI=1S/C11H19N3/c12-11-5-10(6-11)8-14-4-2-9-1-3-13-7-9/h1,3,7,10-11,13-14H,2,4-6,8,12H2. The van der Waals surface area contributed by atoms with Crippen molar-refractivity contribution in [3.63, 3.8) is 0 Å². The summed E-state index contributed by atoms with van der Waals surface area (Å²) < 4.78 is 0. The summed E-state index contributed by atoms with van der Waals surface area (Å²) in [6.07, 6.45) is 7.55. The first-order chi connectivity index (χ1) is 6.84. The molecule has 0 spiro atoms. The van der Waals surface area contributed by atoms with E-state index in [4.69, 9.17) is 5.73 Å². The first-order valence-electron chi connectivity index (χ1n) is 5.42. The highest BCUT2D eigenvalue weighted by molar-refractivity contribution is 5.08. The predicted octanol–water partition coefficient (Wildman–Crippen LogP) is 0.884. The zero-order valence-corrected chi connectivity index (χ0v) is 8.50. The zero-order valence-electron chi connectivity index (χ0n) is 8.50. The van der Waals surface area contributed by atoms with E-state index in [1.165, 1.54) is 18.4 Å². The molecule has 1 aliphatic carbocycles. The Labute approximate surface area is 85.1 Å². The summed E-state index contributed by atoms with van der Waals surface area (Å²) in [5, 5.41) is 3.48. The van der Waals surface area contributed by atoms with Crippen LogP contribution in [0.3, 0.4) is 0 Å². The van der Waals surface area contributed by atoms with Gasteiger partial charge in [-0.1, -0.05) is 0 Å². The van der Waals surface area contributed by atoms with Crippen molar-refractivity contribution in [1.29, 1.82) is 0 Å². The predicted molar refractivity (Wildman–Crippen MR) is 58.1 cm³/mol. The number of aromatic nitrogens is 1. The molecule has 3 nitrogen and oxygen atoms in total. The fourth-order valence-electron chi connectivity index (χ4n) is 2.01. The van der Waals surface area contributed by atoms with Crippen molar-refractivity contribution in [3.05, 3.63) is 24.0 Å². The van der Waals surface area contributed by atoms with Crippen LogP contribution in [0.15, 0.2) is 18.5 Å². The normalized spacial score (nSPS) is 26.1. The van der Waals surface area contributed by atoms with Gasteiger partial charge < -0.3 is 16.0 Å². The molecule has 0 atom stereocenters. The Morgan fingerprint density at radius 2 is 2.36 bits per heavy atom. The Morgan fingerprint density at radius 1 is 1.50 bits per heavy atom. The second kappa shape index (κ2) is 4.62. The van der Waals surface area contributed by atoms with Gasteiger partial charge in [0.1, 0.15) is 0 Å². The maximum Gasteiger partial charge on any atom is 0.00450 e. The van der Waals surface area contributed by atoms with Gasteiger partial charge >= 0.3 is 0 Å². The smallest absolute Gasteiger partial charge is 0.00450 e. The van der Waals surface area contributed by atoms with Crippen molar-refractivity contribution in [2.24, 2.45) is 11.7 Å². The number of H-pyrrole nitrogens is 1. The van der Waals surface area contributed by atoms with Gasteiger partial charge in [-0.25, -0.2) is 0 Å². The van der Waals surface area contributed by atoms with Crippen LogP contribution in [0, 0.1) is 5.92 Å². The van der Waals surface area contributed by atoms with E-state index in [1.807, 2.05) is 6.20 Å². The quantitative estimate of drug-likeness (QED) is 0.608. The molecule has 14 heavy (non-hydrogen) atoms. The Kier molecular flexibility index (Phi) is 3.22. The van der Waals surface area contributed by atoms with Crippen molar-refractivity contribution in [2.75, 3.05) is 13.1 Å². The molecule has 0 unspecified atom stereocenters. The van der Waals surface area contributed by atoms with Crippen molar-refractivity contribution in [2.45, 2.75) is 25.3 Å². The lowest BCUT2D eigenvalue weighted by molar-refractivity contribution is 0.257. The second-order valence-corrected chi connectivity index (χ2v) is 4.27. The fourth-order valence-corrected chi connectivity index (χ4v) is 2.01. The zero-order chi connectivity index (χ0) is 9.80. The summed E-state index contributed by atoms with van der Waals surface area (Å²) in [4.78, 5) is 3.06. The molecule has 0 aliphatic heterocycles. The minimum absolute atomic E-state index is 0.478.